The summed E-state index contributed by atoms with van der Waals surface area (Å²) in [5, 5.41) is 15.0. The third kappa shape index (κ3) is 6.32. The maximum Gasteiger partial charge on any atom is 0.237 e. The fourth-order valence-corrected chi connectivity index (χ4v) is 3.92. The summed E-state index contributed by atoms with van der Waals surface area (Å²) in [7, 11) is 0. The van der Waals surface area contributed by atoms with Crippen LogP contribution in [0.1, 0.15) is 46.1 Å². The second kappa shape index (κ2) is 9.20. The van der Waals surface area contributed by atoms with Crippen LogP contribution < -0.4 is 10.6 Å². The molecule has 2 aromatic rings. The number of anilines is 2. The molecule has 0 unspecified atom stereocenters. The lowest BCUT2D eigenvalue weighted by atomic mass is 10.0. The van der Waals surface area contributed by atoms with Crippen molar-refractivity contribution in [2.75, 3.05) is 17.2 Å². The molecular weight excluding hydrogens is 352 g/mol. The van der Waals surface area contributed by atoms with Gasteiger partial charge in [0, 0.05) is 12.2 Å². The molecule has 0 spiro atoms. The van der Waals surface area contributed by atoms with Gasteiger partial charge in [-0.25, -0.2) is 0 Å². The topological polar surface area (TPSA) is 66.9 Å². The minimum Gasteiger partial charge on any atom is -0.360 e. The Bertz CT molecular complexity index is 683. The van der Waals surface area contributed by atoms with Gasteiger partial charge >= 0.3 is 0 Å². The van der Waals surface area contributed by atoms with Gasteiger partial charge < -0.3 is 10.6 Å². The monoisotopic (exact) mass is 378 g/mol. The van der Waals surface area contributed by atoms with Gasteiger partial charge in [0.2, 0.25) is 11.0 Å². The van der Waals surface area contributed by atoms with Gasteiger partial charge in [0.05, 0.1) is 5.25 Å². The molecular formula is C18H26N4OS2. The van der Waals surface area contributed by atoms with Crippen molar-refractivity contribution in [2.45, 2.75) is 50.1 Å². The van der Waals surface area contributed by atoms with E-state index >= 15 is 0 Å². The summed E-state index contributed by atoms with van der Waals surface area (Å²) in [6.45, 7) is 11.3. The summed E-state index contributed by atoms with van der Waals surface area (Å²) in [5.74, 6) is 0.996. The van der Waals surface area contributed by atoms with E-state index in [9.17, 15) is 4.79 Å². The highest BCUT2D eigenvalue weighted by Gasteiger charge is 2.17. The fourth-order valence-electron chi connectivity index (χ4n) is 2.02. The molecule has 7 heteroatoms. The third-order valence-corrected chi connectivity index (χ3v) is 5.62. The minimum atomic E-state index is -0.240. The van der Waals surface area contributed by atoms with Crippen molar-refractivity contribution in [3.8, 4) is 0 Å². The standard InChI is InChI=1S/C18H26N4OS2/c1-11(2)10-19-17-21-22-18(25-17)24-13(5)16(23)20-15-8-6-14(7-9-15)12(3)4/h6-9,11-13H,10H2,1-5H3,(H,19,21)(H,20,23)/t13-/m0/s1. The number of rotatable bonds is 8. The molecule has 1 aromatic heterocycles. The molecule has 1 amide bonds. The van der Waals surface area contributed by atoms with E-state index < -0.39 is 0 Å². The van der Waals surface area contributed by atoms with Crippen molar-refractivity contribution < 1.29 is 4.79 Å². The number of amides is 1. The summed E-state index contributed by atoms with van der Waals surface area (Å²) >= 11 is 2.91. The Morgan fingerprint density at radius 1 is 1.12 bits per heavy atom. The molecule has 5 nitrogen and oxygen atoms in total. The number of thioether (sulfide) groups is 1. The first kappa shape index (κ1) is 19.7. The molecule has 0 fully saturated rings. The first-order valence-corrected chi connectivity index (χ1v) is 10.2. The molecule has 0 aliphatic rings. The van der Waals surface area contributed by atoms with E-state index in [1.54, 1.807) is 0 Å². The highest BCUT2D eigenvalue weighted by Crippen LogP contribution is 2.29. The van der Waals surface area contributed by atoms with E-state index in [0.717, 1.165) is 21.7 Å². The van der Waals surface area contributed by atoms with E-state index in [1.807, 2.05) is 19.1 Å². The zero-order valence-electron chi connectivity index (χ0n) is 15.4. The van der Waals surface area contributed by atoms with E-state index in [-0.39, 0.29) is 11.2 Å². The summed E-state index contributed by atoms with van der Waals surface area (Å²) in [4.78, 5) is 12.4. The summed E-state index contributed by atoms with van der Waals surface area (Å²) in [6.07, 6.45) is 0. The normalized spacial score (nSPS) is 12.4. The van der Waals surface area contributed by atoms with Crippen LogP contribution >= 0.6 is 23.1 Å². The molecule has 1 heterocycles. The number of aromatic nitrogens is 2. The van der Waals surface area contributed by atoms with Gasteiger partial charge in [-0.15, -0.1) is 10.2 Å². The number of hydrogen-bond donors (Lipinski definition) is 2. The second-order valence-electron chi connectivity index (χ2n) is 6.67. The number of benzene rings is 1. The number of nitrogens with one attached hydrogen (secondary N) is 2. The highest BCUT2D eigenvalue weighted by atomic mass is 32.2. The van der Waals surface area contributed by atoms with E-state index in [1.165, 1.54) is 28.7 Å². The molecule has 0 aliphatic carbocycles. The van der Waals surface area contributed by atoms with Gasteiger partial charge in [0.25, 0.3) is 0 Å². The predicted molar refractivity (Wildman–Crippen MR) is 108 cm³/mol. The number of nitrogens with zero attached hydrogens (tertiary/aromatic N) is 2. The summed E-state index contributed by atoms with van der Waals surface area (Å²) in [5.41, 5.74) is 2.08. The highest BCUT2D eigenvalue weighted by molar-refractivity contribution is 8.02. The van der Waals surface area contributed by atoms with Crippen molar-refractivity contribution >= 4 is 39.8 Å². The Morgan fingerprint density at radius 2 is 1.80 bits per heavy atom. The zero-order valence-corrected chi connectivity index (χ0v) is 17.0. The lowest BCUT2D eigenvalue weighted by Crippen LogP contribution is -2.22. The number of hydrogen-bond acceptors (Lipinski definition) is 6. The molecule has 136 valence electrons. The summed E-state index contributed by atoms with van der Waals surface area (Å²) in [6, 6.07) is 8.00. The van der Waals surface area contributed by atoms with Crippen LogP contribution in [0.25, 0.3) is 0 Å². The van der Waals surface area contributed by atoms with Gasteiger partial charge in [-0.1, -0.05) is 62.9 Å². The van der Waals surface area contributed by atoms with Crippen LogP contribution in [0.4, 0.5) is 10.8 Å². The van der Waals surface area contributed by atoms with Crippen LogP contribution in [0.15, 0.2) is 28.6 Å². The smallest absolute Gasteiger partial charge is 0.237 e. The van der Waals surface area contributed by atoms with E-state index in [0.29, 0.717) is 11.8 Å². The van der Waals surface area contributed by atoms with Crippen LogP contribution in [0.3, 0.4) is 0 Å². The van der Waals surface area contributed by atoms with Crippen molar-refractivity contribution in [1.29, 1.82) is 0 Å². The maximum absolute atomic E-state index is 12.4. The minimum absolute atomic E-state index is 0.0332. The Kier molecular flexibility index (Phi) is 7.25. The van der Waals surface area contributed by atoms with Gasteiger partial charge in [0.1, 0.15) is 0 Å². The fraction of sp³-hybridized carbons (Fsp3) is 0.500. The van der Waals surface area contributed by atoms with Crippen molar-refractivity contribution in [3.63, 3.8) is 0 Å². The van der Waals surface area contributed by atoms with Gasteiger partial charge in [-0.3, -0.25) is 4.79 Å². The lowest BCUT2D eigenvalue weighted by Gasteiger charge is -2.11. The maximum atomic E-state index is 12.4. The Balaban J connectivity index is 1.87. The Hall–Kier alpha value is -1.60. The van der Waals surface area contributed by atoms with E-state index in [2.05, 4.69) is 60.7 Å². The largest absolute Gasteiger partial charge is 0.360 e. The Labute approximate surface area is 158 Å². The molecule has 0 bridgehead atoms. The second-order valence-corrected chi connectivity index (χ2v) is 9.24. The first-order chi connectivity index (χ1) is 11.8. The number of carbonyl (C=O) groups excluding carboxylic acids is 1. The van der Waals surface area contributed by atoms with Crippen molar-refractivity contribution in [2.24, 2.45) is 5.92 Å². The van der Waals surface area contributed by atoms with Crippen LogP contribution in [0, 0.1) is 5.92 Å². The van der Waals surface area contributed by atoms with E-state index in [4.69, 9.17) is 0 Å². The molecule has 2 rings (SSSR count). The first-order valence-electron chi connectivity index (χ1n) is 8.50. The summed E-state index contributed by atoms with van der Waals surface area (Å²) < 4.78 is 0.795. The quantitative estimate of drug-likeness (QED) is 0.643. The SMILES string of the molecule is CC(C)CNc1nnc(S[C@@H](C)C(=O)Nc2ccc(C(C)C)cc2)s1. The third-order valence-electron chi connectivity index (χ3n) is 3.56. The predicted octanol–water partition coefficient (Wildman–Crippen LogP) is 4.85. The van der Waals surface area contributed by atoms with Gasteiger partial charge in [-0.2, -0.15) is 0 Å². The molecule has 0 radical (unpaired) electrons. The Morgan fingerprint density at radius 3 is 2.40 bits per heavy atom. The van der Waals surface area contributed by atoms with Crippen LogP contribution in [0.5, 0.6) is 0 Å². The van der Waals surface area contributed by atoms with Gasteiger partial charge in [0.15, 0.2) is 4.34 Å². The average molecular weight is 379 g/mol. The molecule has 0 aliphatic heterocycles. The van der Waals surface area contributed by atoms with Crippen molar-refractivity contribution in [3.05, 3.63) is 29.8 Å². The zero-order chi connectivity index (χ0) is 18.4. The molecule has 25 heavy (non-hydrogen) atoms. The molecule has 2 N–H and O–H groups in total. The van der Waals surface area contributed by atoms with Crippen LogP contribution in [-0.2, 0) is 4.79 Å². The van der Waals surface area contributed by atoms with Crippen molar-refractivity contribution in [1.82, 2.24) is 10.2 Å². The lowest BCUT2D eigenvalue weighted by molar-refractivity contribution is -0.115. The average Bonchev–Trinajstić information content (AvgIpc) is 3.00. The van der Waals surface area contributed by atoms with Gasteiger partial charge in [-0.05, 0) is 36.5 Å². The molecule has 0 saturated carbocycles. The molecule has 0 saturated heterocycles. The van der Waals surface area contributed by atoms with Crippen LogP contribution in [0.2, 0.25) is 0 Å². The molecule has 1 aromatic carbocycles. The number of carbonyl (C=O) groups is 1. The molecule has 1 atom stereocenters. The van der Waals surface area contributed by atoms with Crippen LogP contribution in [-0.4, -0.2) is 27.9 Å².